The van der Waals surface area contributed by atoms with E-state index in [2.05, 4.69) is 5.32 Å². The molecule has 0 aliphatic rings. The van der Waals surface area contributed by atoms with Crippen LogP contribution in [0.15, 0.2) is 29.2 Å². The first-order valence-electron chi connectivity index (χ1n) is 6.69. The van der Waals surface area contributed by atoms with E-state index in [1.54, 1.807) is 12.1 Å². The van der Waals surface area contributed by atoms with E-state index in [1.807, 2.05) is 13.8 Å². The third kappa shape index (κ3) is 5.73. The van der Waals surface area contributed by atoms with Crippen molar-refractivity contribution in [2.75, 3.05) is 12.4 Å². The smallest absolute Gasteiger partial charge is 0.269 e. The van der Waals surface area contributed by atoms with Crippen LogP contribution < -0.4 is 5.32 Å². The fourth-order valence-corrected chi connectivity index (χ4v) is 2.46. The lowest BCUT2D eigenvalue weighted by atomic mass is 9.95. The van der Waals surface area contributed by atoms with Crippen molar-refractivity contribution >= 4 is 23.4 Å². The van der Waals surface area contributed by atoms with E-state index >= 15 is 0 Å². The summed E-state index contributed by atoms with van der Waals surface area (Å²) in [4.78, 5) is 22.8. The van der Waals surface area contributed by atoms with E-state index in [9.17, 15) is 14.9 Å². The fraction of sp³-hybridized carbons (Fsp3) is 0.500. The molecule has 2 N–H and O–H groups in total. The molecule has 1 unspecified atom stereocenters. The Labute approximate surface area is 128 Å². The maximum atomic E-state index is 11.9. The lowest BCUT2D eigenvalue weighted by Crippen LogP contribution is -2.46. The van der Waals surface area contributed by atoms with Crippen molar-refractivity contribution in [2.24, 2.45) is 0 Å². The molecule has 0 saturated heterocycles. The molecule has 1 amide bonds. The molecule has 0 saturated carbocycles. The number of amides is 1. The highest BCUT2D eigenvalue weighted by Gasteiger charge is 2.23. The van der Waals surface area contributed by atoms with Gasteiger partial charge in [0.05, 0.1) is 10.7 Å². The van der Waals surface area contributed by atoms with E-state index in [0.29, 0.717) is 6.42 Å². The number of aliphatic hydroxyl groups excluding tert-OH is 1. The number of nitro benzene ring substituents is 1. The summed E-state index contributed by atoms with van der Waals surface area (Å²) < 4.78 is 0. The summed E-state index contributed by atoms with van der Waals surface area (Å²) in [5.74, 6) is 0.120. The Morgan fingerprint density at radius 1 is 1.43 bits per heavy atom. The van der Waals surface area contributed by atoms with Gasteiger partial charge in [-0.3, -0.25) is 14.9 Å². The largest absolute Gasteiger partial charge is 0.396 e. The predicted molar refractivity (Wildman–Crippen MR) is 82.4 cm³/mol. The zero-order valence-electron chi connectivity index (χ0n) is 12.2. The molecule has 21 heavy (non-hydrogen) atoms. The Morgan fingerprint density at radius 2 is 2.05 bits per heavy atom. The van der Waals surface area contributed by atoms with Gasteiger partial charge in [-0.1, -0.05) is 6.92 Å². The van der Waals surface area contributed by atoms with Crippen LogP contribution in [-0.4, -0.2) is 33.8 Å². The summed E-state index contributed by atoms with van der Waals surface area (Å²) >= 11 is 1.32. The molecule has 1 aromatic carbocycles. The first kappa shape index (κ1) is 17.5. The van der Waals surface area contributed by atoms with E-state index in [4.69, 9.17) is 5.11 Å². The van der Waals surface area contributed by atoms with Crippen LogP contribution in [0.3, 0.4) is 0 Å². The lowest BCUT2D eigenvalue weighted by molar-refractivity contribution is -0.384. The minimum atomic E-state index is -0.456. The van der Waals surface area contributed by atoms with Gasteiger partial charge in [0, 0.05) is 29.2 Å². The highest BCUT2D eigenvalue weighted by Crippen LogP contribution is 2.22. The van der Waals surface area contributed by atoms with Gasteiger partial charge < -0.3 is 10.4 Å². The first-order chi connectivity index (χ1) is 9.90. The predicted octanol–water partition coefficient (Wildman–Crippen LogP) is 2.35. The monoisotopic (exact) mass is 312 g/mol. The van der Waals surface area contributed by atoms with Crippen LogP contribution in [0.4, 0.5) is 5.69 Å². The maximum absolute atomic E-state index is 11.9. The zero-order valence-corrected chi connectivity index (χ0v) is 13.0. The molecular weight excluding hydrogens is 292 g/mol. The fourth-order valence-electron chi connectivity index (χ4n) is 1.76. The van der Waals surface area contributed by atoms with Crippen molar-refractivity contribution in [1.29, 1.82) is 0 Å². The molecule has 0 aliphatic heterocycles. The Balaban J connectivity index is 2.51. The Hall–Kier alpha value is -1.60. The molecule has 1 atom stereocenters. The number of aliphatic hydroxyl groups is 1. The van der Waals surface area contributed by atoms with Crippen LogP contribution in [0.2, 0.25) is 0 Å². The summed E-state index contributed by atoms with van der Waals surface area (Å²) in [6.07, 6.45) is 1.25. The molecule has 0 radical (unpaired) electrons. The molecule has 0 spiro atoms. The minimum absolute atomic E-state index is 0.0279. The van der Waals surface area contributed by atoms with Gasteiger partial charge in [-0.15, -0.1) is 11.8 Å². The zero-order chi connectivity index (χ0) is 15.9. The summed E-state index contributed by atoms with van der Waals surface area (Å²) in [7, 11) is 0. The second-order valence-electron chi connectivity index (χ2n) is 4.98. The van der Waals surface area contributed by atoms with Crippen LogP contribution in [0, 0.1) is 10.1 Å². The number of nitrogens with one attached hydrogen (secondary N) is 1. The normalized spacial score (nSPS) is 13.5. The van der Waals surface area contributed by atoms with E-state index in [0.717, 1.165) is 11.3 Å². The number of rotatable bonds is 8. The Bertz CT molecular complexity index is 492. The van der Waals surface area contributed by atoms with Crippen molar-refractivity contribution in [1.82, 2.24) is 5.32 Å². The molecule has 1 rings (SSSR count). The van der Waals surface area contributed by atoms with Gasteiger partial charge in [0.1, 0.15) is 0 Å². The number of nitro groups is 1. The van der Waals surface area contributed by atoms with Gasteiger partial charge in [-0.05, 0) is 31.9 Å². The van der Waals surface area contributed by atoms with Gasteiger partial charge >= 0.3 is 0 Å². The molecule has 0 heterocycles. The van der Waals surface area contributed by atoms with Crippen molar-refractivity contribution in [3.05, 3.63) is 34.4 Å². The number of benzene rings is 1. The van der Waals surface area contributed by atoms with E-state index in [-0.39, 0.29) is 24.0 Å². The summed E-state index contributed by atoms with van der Waals surface area (Å²) in [5.41, 5.74) is -0.368. The second kappa shape index (κ2) is 7.99. The number of nitrogens with zero attached hydrogens (tertiary/aromatic N) is 1. The Morgan fingerprint density at radius 3 is 2.52 bits per heavy atom. The summed E-state index contributed by atoms with van der Waals surface area (Å²) in [6.45, 7) is 3.89. The molecule has 116 valence electrons. The van der Waals surface area contributed by atoms with E-state index < -0.39 is 10.5 Å². The molecule has 7 heteroatoms. The van der Waals surface area contributed by atoms with Crippen molar-refractivity contribution < 1.29 is 14.8 Å². The molecule has 0 aromatic heterocycles. The SMILES string of the molecule is CCC(C)(CCO)NC(=O)CSc1ccc([N+](=O)[O-])cc1. The van der Waals surface area contributed by atoms with Gasteiger partial charge in [-0.2, -0.15) is 0 Å². The van der Waals surface area contributed by atoms with E-state index in [1.165, 1.54) is 23.9 Å². The Kier molecular flexibility index (Phi) is 6.64. The van der Waals surface area contributed by atoms with Crippen molar-refractivity contribution in [3.8, 4) is 0 Å². The minimum Gasteiger partial charge on any atom is -0.396 e. The standard InChI is InChI=1S/C14H20N2O4S/c1-3-14(2,8-9-17)15-13(18)10-21-12-6-4-11(5-7-12)16(19)20/h4-7,17H,3,8-10H2,1-2H3,(H,15,18). The first-order valence-corrected chi connectivity index (χ1v) is 7.68. The number of hydrogen-bond acceptors (Lipinski definition) is 5. The lowest BCUT2D eigenvalue weighted by Gasteiger charge is -2.28. The number of carbonyl (C=O) groups is 1. The number of thioether (sulfide) groups is 1. The third-order valence-electron chi connectivity index (χ3n) is 3.30. The highest BCUT2D eigenvalue weighted by atomic mass is 32.2. The van der Waals surface area contributed by atoms with Crippen LogP contribution in [0.1, 0.15) is 26.7 Å². The topological polar surface area (TPSA) is 92.5 Å². The van der Waals surface area contributed by atoms with Gasteiger partial charge in [-0.25, -0.2) is 0 Å². The average molecular weight is 312 g/mol. The van der Waals surface area contributed by atoms with Crippen LogP contribution in [0.5, 0.6) is 0 Å². The van der Waals surface area contributed by atoms with Gasteiger partial charge in [0.15, 0.2) is 0 Å². The summed E-state index contributed by atoms with van der Waals surface area (Å²) in [6, 6.07) is 6.09. The molecule has 0 bridgehead atoms. The molecule has 0 fully saturated rings. The number of carbonyl (C=O) groups excluding carboxylic acids is 1. The van der Waals surface area contributed by atoms with Crippen LogP contribution in [-0.2, 0) is 4.79 Å². The highest BCUT2D eigenvalue weighted by molar-refractivity contribution is 8.00. The maximum Gasteiger partial charge on any atom is 0.269 e. The molecule has 0 aliphatic carbocycles. The number of non-ortho nitro benzene ring substituents is 1. The van der Waals surface area contributed by atoms with Gasteiger partial charge in [0.25, 0.3) is 5.69 Å². The quantitative estimate of drug-likeness (QED) is 0.437. The molecule has 6 nitrogen and oxygen atoms in total. The summed E-state index contributed by atoms with van der Waals surface area (Å²) in [5, 5.41) is 22.5. The second-order valence-corrected chi connectivity index (χ2v) is 6.02. The van der Waals surface area contributed by atoms with Crippen molar-refractivity contribution in [3.63, 3.8) is 0 Å². The molecule has 1 aromatic rings. The van der Waals surface area contributed by atoms with Gasteiger partial charge in [0.2, 0.25) is 5.91 Å². The number of hydrogen-bond donors (Lipinski definition) is 2. The third-order valence-corrected chi connectivity index (χ3v) is 4.31. The van der Waals surface area contributed by atoms with Crippen LogP contribution in [0.25, 0.3) is 0 Å². The van der Waals surface area contributed by atoms with Crippen molar-refractivity contribution in [2.45, 2.75) is 37.1 Å². The molecular formula is C14H20N2O4S. The van der Waals surface area contributed by atoms with Crippen LogP contribution >= 0.6 is 11.8 Å². The average Bonchev–Trinajstić information content (AvgIpc) is 2.45.